The number of hydrogen-bond donors (Lipinski definition) is 1. The zero-order valence-electron chi connectivity index (χ0n) is 10.5. The van der Waals surface area contributed by atoms with Crippen molar-refractivity contribution in [2.45, 2.75) is 10.3 Å². The maximum atomic E-state index is 4.31. The Kier molecular flexibility index (Phi) is 3.55. The van der Waals surface area contributed by atoms with Crippen LogP contribution >= 0.6 is 11.8 Å². The number of aryl methyl sites for hydroxylation is 1. The molecule has 0 aliphatic carbocycles. The van der Waals surface area contributed by atoms with Crippen molar-refractivity contribution in [2.75, 3.05) is 31.4 Å². The minimum atomic E-state index is 0.506. The summed E-state index contributed by atoms with van der Waals surface area (Å²) in [6.07, 6.45) is 0. The van der Waals surface area contributed by atoms with Gasteiger partial charge < -0.3 is 10.2 Å². The second-order valence-electron chi connectivity index (χ2n) is 3.57. The summed E-state index contributed by atoms with van der Waals surface area (Å²) >= 11 is 1.28. The van der Waals surface area contributed by atoms with Crippen LogP contribution in [0.15, 0.2) is 10.3 Å². The van der Waals surface area contributed by atoms with Crippen molar-refractivity contribution >= 4 is 23.7 Å². The average Bonchev–Trinajstić information content (AvgIpc) is 2.74. The van der Waals surface area contributed by atoms with E-state index in [9.17, 15) is 0 Å². The Balaban J connectivity index is 2.32. The highest BCUT2D eigenvalue weighted by Gasteiger charge is 2.11. The third-order valence-electron chi connectivity index (χ3n) is 1.99. The lowest BCUT2D eigenvalue weighted by atomic mass is 10.8. The summed E-state index contributed by atoms with van der Waals surface area (Å²) in [5, 5.41) is 15.2. The maximum absolute atomic E-state index is 4.31. The van der Waals surface area contributed by atoms with E-state index in [2.05, 4.69) is 35.8 Å². The van der Waals surface area contributed by atoms with E-state index in [1.807, 2.05) is 19.0 Å². The number of tetrazole rings is 1. The second kappa shape index (κ2) is 5.12. The van der Waals surface area contributed by atoms with Crippen LogP contribution in [0.25, 0.3) is 0 Å². The van der Waals surface area contributed by atoms with Gasteiger partial charge in [-0.2, -0.15) is 15.0 Å². The lowest BCUT2D eigenvalue weighted by Gasteiger charge is -2.11. The maximum Gasteiger partial charge on any atom is 0.230 e. The molecule has 0 atom stereocenters. The Morgan fingerprint density at radius 1 is 1.22 bits per heavy atom. The van der Waals surface area contributed by atoms with Crippen LogP contribution in [0.2, 0.25) is 0 Å². The van der Waals surface area contributed by atoms with Crippen molar-refractivity contribution in [1.29, 1.82) is 0 Å². The summed E-state index contributed by atoms with van der Waals surface area (Å²) in [6, 6.07) is 0. The van der Waals surface area contributed by atoms with E-state index >= 15 is 0 Å². The predicted molar refractivity (Wildman–Crippen MR) is 66.6 cm³/mol. The minimum Gasteiger partial charge on any atom is -0.357 e. The Hall–Kier alpha value is -1.97. The van der Waals surface area contributed by atoms with Crippen LogP contribution in [0.3, 0.4) is 0 Å². The monoisotopic (exact) mass is 267 g/mol. The van der Waals surface area contributed by atoms with Crippen LogP contribution in [-0.2, 0) is 7.05 Å². The fraction of sp³-hybridized carbons (Fsp3) is 0.500. The van der Waals surface area contributed by atoms with Crippen molar-refractivity contribution < 1.29 is 0 Å². The predicted octanol–water partition coefficient (Wildman–Crippen LogP) is -0.346. The molecule has 10 heteroatoms. The number of aromatic nitrogens is 7. The summed E-state index contributed by atoms with van der Waals surface area (Å²) in [5.41, 5.74) is 0. The van der Waals surface area contributed by atoms with Crippen molar-refractivity contribution in [3.63, 3.8) is 0 Å². The standard InChI is InChI=1S/C8H13N9S/c1-9-5-10-6(16(2)3)12-7(11-5)18-8-13-14-15-17(8)4/h1-4H3,(H,9,10,11,12). The van der Waals surface area contributed by atoms with E-state index in [1.165, 1.54) is 11.8 Å². The molecule has 2 rings (SSSR count). The Labute approximate surface area is 108 Å². The van der Waals surface area contributed by atoms with Crippen LogP contribution < -0.4 is 10.2 Å². The molecule has 0 fully saturated rings. The van der Waals surface area contributed by atoms with Gasteiger partial charge in [-0.1, -0.05) is 0 Å². The summed E-state index contributed by atoms with van der Waals surface area (Å²) in [4.78, 5) is 14.6. The molecule has 96 valence electrons. The van der Waals surface area contributed by atoms with E-state index in [1.54, 1.807) is 18.8 Å². The minimum absolute atomic E-state index is 0.506. The summed E-state index contributed by atoms with van der Waals surface area (Å²) in [7, 11) is 7.25. The van der Waals surface area contributed by atoms with Gasteiger partial charge in [0.15, 0.2) is 0 Å². The van der Waals surface area contributed by atoms with Gasteiger partial charge in [-0.05, 0) is 22.2 Å². The molecule has 0 amide bonds. The fourth-order valence-corrected chi connectivity index (χ4v) is 1.76. The SMILES string of the molecule is CNc1nc(Sc2nnnn2C)nc(N(C)C)n1. The molecular formula is C8H13N9S. The molecule has 0 aromatic carbocycles. The molecule has 0 saturated carbocycles. The zero-order chi connectivity index (χ0) is 13.1. The molecule has 18 heavy (non-hydrogen) atoms. The molecule has 2 aromatic heterocycles. The van der Waals surface area contributed by atoms with E-state index in [-0.39, 0.29) is 0 Å². The van der Waals surface area contributed by atoms with Crippen LogP contribution in [0.1, 0.15) is 0 Å². The van der Waals surface area contributed by atoms with Crippen molar-refractivity contribution in [3.8, 4) is 0 Å². The normalized spacial score (nSPS) is 10.4. The molecular weight excluding hydrogens is 254 g/mol. The smallest absolute Gasteiger partial charge is 0.230 e. The quantitative estimate of drug-likeness (QED) is 0.797. The molecule has 0 spiro atoms. The average molecular weight is 267 g/mol. The largest absolute Gasteiger partial charge is 0.357 e. The summed E-state index contributed by atoms with van der Waals surface area (Å²) in [6.45, 7) is 0. The highest BCUT2D eigenvalue weighted by molar-refractivity contribution is 7.99. The molecule has 0 unspecified atom stereocenters. The molecule has 2 heterocycles. The molecule has 0 saturated heterocycles. The molecule has 2 aromatic rings. The number of hydrogen-bond acceptors (Lipinski definition) is 9. The number of anilines is 2. The van der Waals surface area contributed by atoms with Crippen LogP contribution in [0.4, 0.5) is 11.9 Å². The first kappa shape index (κ1) is 12.5. The number of rotatable bonds is 4. The van der Waals surface area contributed by atoms with Crippen LogP contribution in [0.5, 0.6) is 0 Å². The van der Waals surface area contributed by atoms with Crippen molar-refractivity contribution in [1.82, 2.24) is 35.2 Å². The van der Waals surface area contributed by atoms with Gasteiger partial charge in [-0.3, -0.25) is 0 Å². The van der Waals surface area contributed by atoms with Gasteiger partial charge in [0.25, 0.3) is 0 Å². The topological polar surface area (TPSA) is 97.5 Å². The summed E-state index contributed by atoms with van der Waals surface area (Å²) in [5.74, 6) is 1.08. The lowest BCUT2D eigenvalue weighted by molar-refractivity contribution is 0.663. The molecule has 0 bridgehead atoms. The van der Waals surface area contributed by atoms with Gasteiger partial charge in [-0.15, -0.1) is 5.10 Å². The van der Waals surface area contributed by atoms with Gasteiger partial charge in [-0.25, -0.2) is 4.68 Å². The number of nitrogens with one attached hydrogen (secondary N) is 1. The van der Waals surface area contributed by atoms with E-state index < -0.39 is 0 Å². The first-order chi connectivity index (χ1) is 8.60. The number of nitrogens with zero attached hydrogens (tertiary/aromatic N) is 8. The van der Waals surface area contributed by atoms with Crippen LogP contribution in [0, 0.1) is 0 Å². The molecule has 1 N–H and O–H groups in total. The van der Waals surface area contributed by atoms with Crippen molar-refractivity contribution in [3.05, 3.63) is 0 Å². The first-order valence-electron chi connectivity index (χ1n) is 5.11. The molecule has 9 nitrogen and oxygen atoms in total. The third-order valence-corrected chi connectivity index (χ3v) is 2.88. The second-order valence-corrected chi connectivity index (χ2v) is 4.51. The van der Waals surface area contributed by atoms with Gasteiger partial charge in [0.05, 0.1) is 0 Å². The zero-order valence-corrected chi connectivity index (χ0v) is 11.3. The highest BCUT2D eigenvalue weighted by atomic mass is 32.2. The Morgan fingerprint density at radius 2 is 2.00 bits per heavy atom. The van der Waals surface area contributed by atoms with Gasteiger partial charge in [0.2, 0.25) is 22.2 Å². The first-order valence-corrected chi connectivity index (χ1v) is 5.93. The van der Waals surface area contributed by atoms with Gasteiger partial charge in [0.1, 0.15) is 0 Å². The van der Waals surface area contributed by atoms with Crippen molar-refractivity contribution in [2.24, 2.45) is 7.05 Å². The van der Waals surface area contributed by atoms with E-state index in [0.29, 0.717) is 22.2 Å². The van der Waals surface area contributed by atoms with E-state index in [0.717, 1.165) is 0 Å². The summed E-state index contributed by atoms with van der Waals surface area (Å²) < 4.78 is 1.56. The van der Waals surface area contributed by atoms with Gasteiger partial charge in [0, 0.05) is 28.2 Å². The Bertz CT molecular complexity index is 537. The Morgan fingerprint density at radius 3 is 2.56 bits per heavy atom. The van der Waals surface area contributed by atoms with E-state index in [4.69, 9.17) is 0 Å². The molecule has 0 radical (unpaired) electrons. The fourth-order valence-electron chi connectivity index (χ4n) is 1.09. The highest BCUT2D eigenvalue weighted by Crippen LogP contribution is 2.23. The van der Waals surface area contributed by atoms with Crippen LogP contribution in [-0.4, -0.2) is 56.3 Å². The third kappa shape index (κ3) is 2.64. The van der Waals surface area contributed by atoms with Gasteiger partial charge >= 0.3 is 0 Å². The molecule has 0 aliphatic rings. The molecule has 0 aliphatic heterocycles. The lowest BCUT2D eigenvalue weighted by Crippen LogP contribution is -2.15.